The summed E-state index contributed by atoms with van der Waals surface area (Å²) in [5.74, 6) is 0.885. The summed E-state index contributed by atoms with van der Waals surface area (Å²) in [5, 5.41) is 13.2. The Kier molecular flexibility index (Phi) is 4.00. The maximum absolute atomic E-state index is 9.66. The average Bonchev–Trinajstić information content (AvgIpc) is 2.65. The van der Waals surface area contributed by atoms with Crippen LogP contribution in [0.5, 0.6) is 0 Å². The molecule has 0 spiro atoms. The van der Waals surface area contributed by atoms with Gasteiger partial charge < -0.3 is 15.2 Å². The van der Waals surface area contributed by atoms with Gasteiger partial charge in [-0.3, -0.25) is 0 Å². The van der Waals surface area contributed by atoms with Crippen molar-refractivity contribution in [3.8, 4) is 0 Å². The minimum absolute atomic E-state index is 0.172. The highest BCUT2D eigenvalue weighted by Gasteiger charge is 2.30. The topological polar surface area (TPSA) is 41.5 Å². The van der Waals surface area contributed by atoms with E-state index in [1.807, 2.05) is 0 Å². The Labute approximate surface area is 92.2 Å². The van der Waals surface area contributed by atoms with E-state index < -0.39 is 0 Å². The zero-order chi connectivity index (χ0) is 10.7. The lowest BCUT2D eigenvalue weighted by molar-refractivity contribution is 0.119. The molecule has 0 aromatic rings. The third-order valence-electron chi connectivity index (χ3n) is 3.86. The molecule has 0 bridgehead atoms. The largest absolute Gasteiger partial charge is 0.389 e. The van der Waals surface area contributed by atoms with Gasteiger partial charge in [0.05, 0.1) is 25.4 Å². The highest BCUT2D eigenvalue weighted by atomic mass is 16.5. The quantitative estimate of drug-likeness (QED) is 0.742. The third-order valence-corrected chi connectivity index (χ3v) is 3.86. The Morgan fingerprint density at radius 1 is 1.33 bits per heavy atom. The first-order chi connectivity index (χ1) is 7.29. The van der Waals surface area contributed by atoms with Crippen LogP contribution >= 0.6 is 0 Å². The lowest BCUT2D eigenvalue weighted by atomic mass is 9.84. The van der Waals surface area contributed by atoms with E-state index in [0.717, 1.165) is 5.92 Å². The summed E-state index contributed by atoms with van der Waals surface area (Å²) in [6.45, 7) is 3.45. The van der Waals surface area contributed by atoms with Crippen molar-refractivity contribution in [2.24, 2.45) is 5.92 Å². The molecular formula is C12H23NO2. The maximum Gasteiger partial charge on any atom is 0.0948 e. The number of aliphatic hydroxyl groups excluding tert-OH is 1. The number of hydrogen-bond acceptors (Lipinski definition) is 3. The van der Waals surface area contributed by atoms with Gasteiger partial charge in [-0.1, -0.05) is 26.2 Å². The van der Waals surface area contributed by atoms with Crippen LogP contribution in [-0.2, 0) is 4.74 Å². The van der Waals surface area contributed by atoms with Gasteiger partial charge in [0.15, 0.2) is 0 Å². The van der Waals surface area contributed by atoms with Gasteiger partial charge in [0.1, 0.15) is 0 Å². The Morgan fingerprint density at radius 3 is 2.87 bits per heavy atom. The molecule has 3 heteroatoms. The second kappa shape index (κ2) is 5.28. The fraction of sp³-hybridized carbons (Fsp3) is 1.00. The Bertz CT molecular complexity index is 198. The highest BCUT2D eigenvalue weighted by molar-refractivity contribution is 4.86. The van der Waals surface area contributed by atoms with Crippen molar-refractivity contribution in [3.63, 3.8) is 0 Å². The number of aliphatic hydroxyl groups is 1. The molecule has 1 saturated heterocycles. The van der Waals surface area contributed by atoms with Crippen LogP contribution in [0.1, 0.15) is 39.0 Å². The van der Waals surface area contributed by atoms with Crippen LogP contribution in [-0.4, -0.2) is 36.5 Å². The minimum Gasteiger partial charge on any atom is -0.389 e. The number of nitrogens with one attached hydrogen (secondary N) is 1. The predicted octanol–water partition coefficient (Wildman–Crippen LogP) is 1.30. The van der Waals surface area contributed by atoms with Crippen molar-refractivity contribution in [3.05, 3.63) is 0 Å². The molecule has 15 heavy (non-hydrogen) atoms. The summed E-state index contributed by atoms with van der Waals surface area (Å²) in [7, 11) is 0. The van der Waals surface area contributed by atoms with E-state index in [4.69, 9.17) is 4.74 Å². The van der Waals surface area contributed by atoms with Crippen LogP contribution in [0.25, 0.3) is 0 Å². The van der Waals surface area contributed by atoms with E-state index in [1.54, 1.807) is 0 Å². The Morgan fingerprint density at radius 2 is 2.20 bits per heavy atom. The molecule has 2 rings (SSSR count). The lowest BCUT2D eigenvalue weighted by Crippen LogP contribution is -2.46. The monoisotopic (exact) mass is 213 g/mol. The van der Waals surface area contributed by atoms with Crippen molar-refractivity contribution < 1.29 is 9.84 Å². The van der Waals surface area contributed by atoms with Gasteiger partial charge in [0.25, 0.3) is 0 Å². The molecule has 1 aliphatic carbocycles. The number of hydrogen-bond donors (Lipinski definition) is 2. The van der Waals surface area contributed by atoms with Gasteiger partial charge in [-0.15, -0.1) is 0 Å². The molecule has 4 unspecified atom stereocenters. The third kappa shape index (κ3) is 2.92. The van der Waals surface area contributed by atoms with E-state index in [1.165, 1.54) is 32.1 Å². The molecule has 0 aromatic heterocycles. The minimum atomic E-state index is -0.299. The molecule has 2 N–H and O–H groups in total. The molecule has 2 fully saturated rings. The SMILES string of the molecule is CCC1CCCC(NC2COCC2O)C1. The summed E-state index contributed by atoms with van der Waals surface area (Å²) in [4.78, 5) is 0. The van der Waals surface area contributed by atoms with Gasteiger partial charge in [0, 0.05) is 6.04 Å². The molecule has 3 nitrogen and oxygen atoms in total. The normalized spacial score (nSPS) is 42.0. The van der Waals surface area contributed by atoms with E-state index in [9.17, 15) is 5.11 Å². The van der Waals surface area contributed by atoms with E-state index in [-0.39, 0.29) is 12.1 Å². The first-order valence-corrected chi connectivity index (χ1v) is 6.31. The summed E-state index contributed by atoms with van der Waals surface area (Å²) in [6.07, 6.45) is 6.26. The smallest absolute Gasteiger partial charge is 0.0948 e. The van der Waals surface area contributed by atoms with Crippen molar-refractivity contribution in [1.82, 2.24) is 5.32 Å². The zero-order valence-electron chi connectivity index (χ0n) is 9.61. The molecule has 0 radical (unpaired) electrons. The first kappa shape index (κ1) is 11.4. The molecule has 0 amide bonds. The van der Waals surface area contributed by atoms with E-state index in [0.29, 0.717) is 19.3 Å². The summed E-state index contributed by atoms with van der Waals surface area (Å²) < 4.78 is 5.25. The van der Waals surface area contributed by atoms with Gasteiger partial charge in [-0.25, -0.2) is 0 Å². The maximum atomic E-state index is 9.66. The van der Waals surface area contributed by atoms with Crippen LogP contribution in [0, 0.1) is 5.92 Å². The van der Waals surface area contributed by atoms with Gasteiger partial charge in [-0.2, -0.15) is 0 Å². The molecular weight excluding hydrogens is 190 g/mol. The fourth-order valence-corrected chi connectivity index (χ4v) is 2.82. The molecule has 2 aliphatic rings. The predicted molar refractivity (Wildman–Crippen MR) is 59.8 cm³/mol. The van der Waals surface area contributed by atoms with Gasteiger partial charge in [0.2, 0.25) is 0 Å². The van der Waals surface area contributed by atoms with Crippen molar-refractivity contribution in [2.75, 3.05) is 13.2 Å². The van der Waals surface area contributed by atoms with Crippen LogP contribution in [0.3, 0.4) is 0 Å². The van der Waals surface area contributed by atoms with Crippen LogP contribution in [0.4, 0.5) is 0 Å². The molecule has 4 atom stereocenters. The molecule has 1 saturated carbocycles. The van der Waals surface area contributed by atoms with Crippen molar-refractivity contribution in [2.45, 2.75) is 57.2 Å². The van der Waals surface area contributed by atoms with Crippen LogP contribution < -0.4 is 5.32 Å². The van der Waals surface area contributed by atoms with Crippen LogP contribution in [0.15, 0.2) is 0 Å². The number of ether oxygens (including phenoxy) is 1. The fourth-order valence-electron chi connectivity index (χ4n) is 2.82. The Balaban J connectivity index is 1.78. The van der Waals surface area contributed by atoms with Crippen LogP contribution in [0.2, 0.25) is 0 Å². The van der Waals surface area contributed by atoms with Gasteiger partial charge >= 0.3 is 0 Å². The van der Waals surface area contributed by atoms with Crippen molar-refractivity contribution in [1.29, 1.82) is 0 Å². The van der Waals surface area contributed by atoms with E-state index in [2.05, 4.69) is 12.2 Å². The van der Waals surface area contributed by atoms with Crippen molar-refractivity contribution >= 4 is 0 Å². The second-order valence-electron chi connectivity index (χ2n) is 5.02. The Hall–Kier alpha value is -0.120. The summed E-state index contributed by atoms with van der Waals surface area (Å²) >= 11 is 0. The summed E-state index contributed by atoms with van der Waals surface area (Å²) in [6, 6.07) is 0.774. The molecule has 1 aliphatic heterocycles. The standard InChI is InChI=1S/C12H23NO2/c1-2-9-4-3-5-10(6-9)13-11-7-15-8-12(11)14/h9-14H,2-8H2,1H3. The summed E-state index contributed by atoms with van der Waals surface area (Å²) in [5.41, 5.74) is 0. The van der Waals surface area contributed by atoms with Gasteiger partial charge in [-0.05, 0) is 18.8 Å². The van der Waals surface area contributed by atoms with E-state index >= 15 is 0 Å². The molecule has 0 aromatic carbocycles. The number of rotatable bonds is 3. The lowest BCUT2D eigenvalue weighted by Gasteiger charge is -2.31. The highest BCUT2D eigenvalue weighted by Crippen LogP contribution is 2.27. The molecule has 1 heterocycles. The average molecular weight is 213 g/mol. The molecule has 88 valence electrons. The zero-order valence-corrected chi connectivity index (χ0v) is 9.61. The first-order valence-electron chi connectivity index (χ1n) is 6.31. The second-order valence-corrected chi connectivity index (χ2v) is 5.02.